The van der Waals surface area contributed by atoms with Gasteiger partial charge in [-0.3, -0.25) is 0 Å². The molecule has 0 saturated carbocycles. The first-order valence-electron chi connectivity index (χ1n) is 5.99. The van der Waals surface area contributed by atoms with Gasteiger partial charge < -0.3 is 4.74 Å². The van der Waals surface area contributed by atoms with Crippen molar-refractivity contribution in [3.8, 4) is 5.75 Å². The highest BCUT2D eigenvalue weighted by Crippen LogP contribution is 2.35. The molecule has 0 heterocycles. The Bertz CT molecular complexity index is 353. The van der Waals surface area contributed by atoms with Crippen molar-refractivity contribution in [1.29, 1.82) is 0 Å². The summed E-state index contributed by atoms with van der Waals surface area (Å²) in [6.45, 7) is 4.31. The van der Waals surface area contributed by atoms with Crippen molar-refractivity contribution in [2.24, 2.45) is 5.41 Å². The third-order valence-corrected chi connectivity index (χ3v) is 4.80. The van der Waals surface area contributed by atoms with Gasteiger partial charge in [-0.05, 0) is 36.3 Å². The Labute approximate surface area is 111 Å². The Morgan fingerprint density at radius 1 is 1.29 bits per heavy atom. The molecular weight excluding hydrogens is 283 g/mol. The Balaban J connectivity index is 3.01. The molecule has 1 rings (SSSR count). The zero-order valence-electron chi connectivity index (χ0n) is 10.7. The molecule has 17 heavy (non-hydrogen) atoms. The first-order valence-corrected chi connectivity index (χ1v) is 7.12. The molecule has 0 aliphatic carbocycles. The van der Waals surface area contributed by atoms with Crippen molar-refractivity contribution in [3.63, 3.8) is 0 Å². The maximum atomic E-state index is 14.1. The highest BCUT2D eigenvalue weighted by atomic mass is 79.9. The van der Waals surface area contributed by atoms with E-state index in [1.54, 1.807) is 6.07 Å². The van der Waals surface area contributed by atoms with E-state index in [1.165, 1.54) is 7.11 Å². The smallest absolute Gasteiger partial charge is 0.168 e. The second kappa shape index (κ2) is 6.39. The molecule has 0 amide bonds. The predicted octanol–water partition coefficient (Wildman–Crippen LogP) is 4.58. The van der Waals surface area contributed by atoms with Gasteiger partial charge in [0.25, 0.3) is 0 Å². The van der Waals surface area contributed by atoms with Gasteiger partial charge >= 0.3 is 0 Å². The Morgan fingerprint density at radius 3 is 2.41 bits per heavy atom. The average Bonchev–Trinajstić information content (AvgIpc) is 2.38. The number of benzene rings is 1. The van der Waals surface area contributed by atoms with Gasteiger partial charge in [-0.15, -0.1) is 0 Å². The molecule has 3 heteroatoms. The van der Waals surface area contributed by atoms with Crippen molar-refractivity contribution >= 4 is 15.9 Å². The maximum Gasteiger partial charge on any atom is 0.168 e. The molecule has 0 radical (unpaired) electrons. The molecule has 0 spiro atoms. The van der Waals surface area contributed by atoms with Crippen LogP contribution in [0.1, 0.15) is 32.3 Å². The zero-order valence-corrected chi connectivity index (χ0v) is 12.3. The third-order valence-electron chi connectivity index (χ3n) is 3.61. The van der Waals surface area contributed by atoms with E-state index in [9.17, 15) is 4.39 Å². The minimum Gasteiger partial charge on any atom is -0.494 e. The third kappa shape index (κ3) is 3.21. The first-order chi connectivity index (χ1) is 8.12. The molecule has 1 aromatic rings. The average molecular weight is 303 g/mol. The van der Waals surface area contributed by atoms with Crippen LogP contribution in [0.15, 0.2) is 18.2 Å². The molecule has 0 aliphatic rings. The number of rotatable bonds is 6. The monoisotopic (exact) mass is 302 g/mol. The molecule has 0 fully saturated rings. The zero-order chi connectivity index (χ0) is 12.9. The van der Waals surface area contributed by atoms with Crippen LogP contribution in [0.3, 0.4) is 0 Å². The normalized spacial score (nSPS) is 11.6. The van der Waals surface area contributed by atoms with E-state index in [1.807, 2.05) is 12.1 Å². The second-order valence-corrected chi connectivity index (χ2v) is 5.01. The fourth-order valence-corrected chi connectivity index (χ4v) is 2.98. The molecule has 1 nitrogen and oxygen atoms in total. The highest BCUT2D eigenvalue weighted by Gasteiger charge is 2.27. The van der Waals surface area contributed by atoms with E-state index in [2.05, 4.69) is 29.8 Å². The van der Waals surface area contributed by atoms with Crippen LogP contribution >= 0.6 is 15.9 Å². The van der Waals surface area contributed by atoms with Crippen molar-refractivity contribution < 1.29 is 9.13 Å². The van der Waals surface area contributed by atoms with E-state index in [0.29, 0.717) is 5.75 Å². The quantitative estimate of drug-likeness (QED) is 0.699. The van der Waals surface area contributed by atoms with Crippen molar-refractivity contribution in [2.45, 2.75) is 33.1 Å². The lowest BCUT2D eigenvalue weighted by Gasteiger charge is -2.30. The van der Waals surface area contributed by atoms with Crippen LogP contribution in [0.5, 0.6) is 5.75 Å². The summed E-state index contributed by atoms with van der Waals surface area (Å²) in [5.74, 6) is 0.111. The van der Waals surface area contributed by atoms with Gasteiger partial charge in [0, 0.05) is 5.33 Å². The van der Waals surface area contributed by atoms with Crippen LogP contribution in [0.2, 0.25) is 0 Å². The summed E-state index contributed by atoms with van der Waals surface area (Å²) in [5.41, 5.74) is 0.875. The Hall–Kier alpha value is -0.570. The maximum absolute atomic E-state index is 14.1. The number of methoxy groups -OCH3 is 1. The lowest BCUT2D eigenvalue weighted by Crippen LogP contribution is -2.24. The van der Waals surface area contributed by atoms with Gasteiger partial charge in [-0.25, -0.2) is 4.39 Å². The van der Waals surface area contributed by atoms with Gasteiger partial charge in [0.05, 0.1) is 7.11 Å². The van der Waals surface area contributed by atoms with Crippen LogP contribution < -0.4 is 4.74 Å². The fraction of sp³-hybridized carbons (Fsp3) is 0.571. The standard InChI is InChI=1S/C14H20BrFO/c1-4-14(5-2,10-15)9-11-7-6-8-12(17-3)13(11)16/h6-8H,4-5,9-10H2,1-3H3. The largest absolute Gasteiger partial charge is 0.494 e. The summed E-state index contributed by atoms with van der Waals surface area (Å²) in [7, 11) is 1.50. The summed E-state index contributed by atoms with van der Waals surface area (Å²) >= 11 is 3.56. The van der Waals surface area contributed by atoms with Gasteiger partial charge in [0.1, 0.15) is 0 Å². The van der Waals surface area contributed by atoms with E-state index in [-0.39, 0.29) is 11.2 Å². The van der Waals surface area contributed by atoms with Gasteiger partial charge in [-0.1, -0.05) is 41.9 Å². The highest BCUT2D eigenvalue weighted by molar-refractivity contribution is 9.09. The van der Waals surface area contributed by atoms with Gasteiger partial charge in [0.2, 0.25) is 0 Å². The van der Waals surface area contributed by atoms with Crippen LogP contribution in [0, 0.1) is 11.2 Å². The molecular formula is C14H20BrFO. The minimum absolute atomic E-state index is 0.132. The number of hydrogen-bond donors (Lipinski definition) is 0. The summed E-state index contributed by atoms with van der Waals surface area (Å²) in [6.07, 6.45) is 2.81. The van der Waals surface area contributed by atoms with Crippen LogP contribution in [-0.2, 0) is 6.42 Å². The van der Waals surface area contributed by atoms with E-state index >= 15 is 0 Å². The Morgan fingerprint density at radius 2 is 1.94 bits per heavy atom. The number of halogens is 2. The summed E-state index contributed by atoms with van der Waals surface area (Å²) < 4.78 is 19.1. The van der Waals surface area contributed by atoms with Crippen molar-refractivity contribution in [1.82, 2.24) is 0 Å². The molecule has 1 aromatic carbocycles. The Kier molecular flexibility index (Phi) is 5.44. The SMILES string of the molecule is CCC(CC)(CBr)Cc1cccc(OC)c1F. The molecule has 0 aromatic heterocycles. The first kappa shape index (κ1) is 14.5. The summed E-state index contributed by atoms with van der Waals surface area (Å²) in [4.78, 5) is 0. The molecule has 0 saturated heterocycles. The molecule has 96 valence electrons. The number of alkyl halides is 1. The van der Waals surface area contributed by atoms with Crippen LogP contribution in [0.25, 0.3) is 0 Å². The topological polar surface area (TPSA) is 9.23 Å². The fourth-order valence-electron chi connectivity index (χ4n) is 1.99. The molecule has 0 aliphatic heterocycles. The van der Waals surface area contributed by atoms with Crippen molar-refractivity contribution in [2.75, 3.05) is 12.4 Å². The van der Waals surface area contributed by atoms with Gasteiger partial charge in [-0.2, -0.15) is 0 Å². The minimum atomic E-state index is -0.220. The molecule has 0 atom stereocenters. The van der Waals surface area contributed by atoms with E-state index < -0.39 is 0 Å². The van der Waals surface area contributed by atoms with Crippen molar-refractivity contribution in [3.05, 3.63) is 29.6 Å². The van der Waals surface area contributed by atoms with Crippen LogP contribution in [-0.4, -0.2) is 12.4 Å². The molecule has 0 N–H and O–H groups in total. The number of hydrogen-bond acceptors (Lipinski definition) is 1. The summed E-state index contributed by atoms with van der Waals surface area (Å²) in [6, 6.07) is 5.36. The van der Waals surface area contributed by atoms with E-state index in [4.69, 9.17) is 4.74 Å². The number of ether oxygens (including phenoxy) is 1. The van der Waals surface area contributed by atoms with Crippen LogP contribution in [0.4, 0.5) is 4.39 Å². The van der Waals surface area contributed by atoms with Gasteiger partial charge in [0.15, 0.2) is 11.6 Å². The summed E-state index contributed by atoms with van der Waals surface area (Å²) in [5, 5.41) is 0.893. The van der Waals surface area contributed by atoms with E-state index in [0.717, 1.165) is 30.2 Å². The molecule has 0 unspecified atom stereocenters. The lowest BCUT2D eigenvalue weighted by atomic mass is 9.79. The lowest BCUT2D eigenvalue weighted by molar-refractivity contribution is 0.300. The second-order valence-electron chi connectivity index (χ2n) is 4.45. The molecule has 0 bridgehead atoms. The predicted molar refractivity (Wildman–Crippen MR) is 73.5 cm³/mol.